The van der Waals surface area contributed by atoms with Crippen LogP contribution in [-0.4, -0.2) is 61.1 Å². The van der Waals surface area contributed by atoms with Crippen LogP contribution in [0.2, 0.25) is 0 Å². The number of nitro benzene ring substituents is 1. The monoisotopic (exact) mass is 455 g/mol. The van der Waals surface area contributed by atoms with E-state index in [1.165, 1.54) is 28.6 Å². The minimum absolute atomic E-state index is 0.191. The van der Waals surface area contributed by atoms with Crippen LogP contribution in [0.25, 0.3) is 11.3 Å². The third kappa shape index (κ3) is 4.25. The molecule has 2 aromatic carbocycles. The van der Waals surface area contributed by atoms with Crippen LogP contribution < -0.4 is 9.64 Å². The van der Waals surface area contributed by atoms with E-state index < -0.39 is 20.6 Å². The van der Waals surface area contributed by atoms with Crippen LogP contribution >= 0.6 is 0 Å². The summed E-state index contributed by atoms with van der Waals surface area (Å²) in [5, 5.41) is 19.8. The summed E-state index contributed by atoms with van der Waals surface area (Å²) in [6.07, 6.45) is 0. The Hall–Kier alpha value is -3.57. The predicted octanol–water partition coefficient (Wildman–Crippen LogP) is 2.57. The molecule has 0 aliphatic carbocycles. The van der Waals surface area contributed by atoms with Crippen molar-refractivity contribution in [3.05, 3.63) is 70.8 Å². The minimum Gasteiger partial charge on any atom is -0.497 e. The molecule has 1 aromatic heterocycles. The lowest BCUT2D eigenvalue weighted by Crippen LogP contribution is -2.49. The number of nitrogens with zero attached hydrogens (tertiary/aromatic N) is 5. The van der Waals surface area contributed by atoms with Gasteiger partial charge in [-0.05, 0) is 42.5 Å². The van der Waals surface area contributed by atoms with Crippen molar-refractivity contribution in [1.82, 2.24) is 14.5 Å². The topological polar surface area (TPSA) is 119 Å². The largest absolute Gasteiger partial charge is 0.497 e. The van der Waals surface area contributed by atoms with E-state index in [0.29, 0.717) is 24.6 Å². The van der Waals surface area contributed by atoms with Gasteiger partial charge in [0.25, 0.3) is 5.69 Å². The van der Waals surface area contributed by atoms with Gasteiger partial charge in [0.15, 0.2) is 10.7 Å². The van der Waals surface area contributed by atoms with Gasteiger partial charge in [0.1, 0.15) is 5.75 Å². The van der Waals surface area contributed by atoms with E-state index in [1.807, 2.05) is 41.3 Å². The van der Waals surface area contributed by atoms with Gasteiger partial charge < -0.3 is 9.64 Å². The van der Waals surface area contributed by atoms with Crippen molar-refractivity contribution in [2.45, 2.75) is 4.90 Å². The molecule has 0 atom stereocenters. The lowest BCUT2D eigenvalue weighted by atomic mass is 10.1. The Bertz CT molecular complexity index is 1210. The normalized spacial score (nSPS) is 14.8. The number of nitro groups is 1. The molecule has 0 saturated carbocycles. The molecule has 0 radical (unpaired) electrons. The standard InChI is InChI=1S/C21H21N5O5S/c1-31-17-8-6-16(7-9-17)18-10-11-21(23-22-18)24-12-14-25(15-13-24)32(29,30)20-5-3-2-4-19(20)26(27)28/h2-11H,12-15H2,1H3. The van der Waals surface area contributed by atoms with Crippen molar-refractivity contribution in [3.8, 4) is 17.0 Å². The number of methoxy groups -OCH3 is 1. The van der Waals surface area contributed by atoms with Crippen LogP contribution in [0.15, 0.2) is 65.6 Å². The van der Waals surface area contributed by atoms with E-state index >= 15 is 0 Å². The van der Waals surface area contributed by atoms with Gasteiger partial charge in [0.2, 0.25) is 10.0 Å². The number of rotatable bonds is 6. The fourth-order valence-electron chi connectivity index (χ4n) is 3.53. The van der Waals surface area contributed by atoms with Crippen molar-refractivity contribution < 1.29 is 18.1 Å². The Kier molecular flexibility index (Phi) is 6.01. The average molecular weight is 455 g/mol. The van der Waals surface area contributed by atoms with Gasteiger partial charge in [0.05, 0.1) is 17.7 Å². The Labute approximate surface area is 185 Å². The van der Waals surface area contributed by atoms with Crippen molar-refractivity contribution >= 4 is 21.5 Å². The van der Waals surface area contributed by atoms with Crippen LogP contribution in [0.5, 0.6) is 5.75 Å². The summed E-state index contributed by atoms with van der Waals surface area (Å²) in [6, 6.07) is 16.6. The van der Waals surface area contributed by atoms with Gasteiger partial charge in [-0.25, -0.2) is 8.42 Å². The van der Waals surface area contributed by atoms with Gasteiger partial charge in [-0.3, -0.25) is 10.1 Å². The molecular formula is C21H21N5O5S. The van der Waals surface area contributed by atoms with Crippen LogP contribution in [0.1, 0.15) is 0 Å². The molecule has 0 unspecified atom stereocenters. The molecule has 0 spiro atoms. The smallest absolute Gasteiger partial charge is 0.289 e. The number of para-hydroxylation sites is 1. The first-order valence-electron chi connectivity index (χ1n) is 9.87. The molecule has 11 heteroatoms. The number of sulfonamides is 1. The maximum absolute atomic E-state index is 13.0. The highest BCUT2D eigenvalue weighted by molar-refractivity contribution is 7.89. The second-order valence-electron chi connectivity index (χ2n) is 7.12. The zero-order valence-corrected chi connectivity index (χ0v) is 18.1. The SMILES string of the molecule is COc1ccc(-c2ccc(N3CCN(S(=O)(=O)c4ccccc4[N+](=O)[O-])CC3)nn2)cc1. The van der Waals surface area contributed by atoms with Crippen LogP contribution in [0.4, 0.5) is 11.5 Å². The number of benzene rings is 2. The Morgan fingerprint density at radius 2 is 1.62 bits per heavy atom. The second-order valence-corrected chi connectivity index (χ2v) is 9.03. The Morgan fingerprint density at radius 1 is 0.938 bits per heavy atom. The van der Waals surface area contributed by atoms with Gasteiger partial charge in [-0.15, -0.1) is 10.2 Å². The lowest BCUT2D eigenvalue weighted by Gasteiger charge is -2.34. The molecule has 1 aliphatic rings. The number of anilines is 1. The van der Waals surface area contributed by atoms with Gasteiger partial charge >= 0.3 is 0 Å². The molecule has 0 N–H and O–H groups in total. The fraction of sp³-hybridized carbons (Fsp3) is 0.238. The molecule has 1 aliphatic heterocycles. The highest BCUT2D eigenvalue weighted by Crippen LogP contribution is 2.28. The van der Waals surface area contributed by atoms with Gasteiger partial charge in [0, 0.05) is 37.8 Å². The van der Waals surface area contributed by atoms with Gasteiger partial charge in [-0.1, -0.05) is 12.1 Å². The highest BCUT2D eigenvalue weighted by atomic mass is 32.2. The van der Waals surface area contributed by atoms with E-state index in [4.69, 9.17) is 4.74 Å². The zero-order valence-electron chi connectivity index (χ0n) is 17.3. The van der Waals surface area contributed by atoms with E-state index in [-0.39, 0.29) is 18.0 Å². The number of piperazine rings is 1. The predicted molar refractivity (Wildman–Crippen MR) is 118 cm³/mol. The summed E-state index contributed by atoms with van der Waals surface area (Å²) in [5.74, 6) is 1.40. The maximum atomic E-state index is 13.0. The lowest BCUT2D eigenvalue weighted by molar-refractivity contribution is -0.387. The third-order valence-electron chi connectivity index (χ3n) is 5.28. The number of hydrogen-bond acceptors (Lipinski definition) is 8. The molecular weight excluding hydrogens is 434 g/mol. The number of hydrogen-bond donors (Lipinski definition) is 0. The highest BCUT2D eigenvalue weighted by Gasteiger charge is 2.33. The first kappa shape index (κ1) is 21.7. The van der Waals surface area contributed by atoms with Crippen molar-refractivity contribution in [3.63, 3.8) is 0 Å². The van der Waals surface area contributed by atoms with E-state index in [9.17, 15) is 18.5 Å². The molecule has 0 bridgehead atoms. The third-order valence-corrected chi connectivity index (χ3v) is 7.22. The van der Waals surface area contributed by atoms with Crippen molar-refractivity contribution in [2.24, 2.45) is 0 Å². The second kappa shape index (κ2) is 8.89. The molecule has 3 aromatic rings. The van der Waals surface area contributed by atoms with Crippen LogP contribution in [0.3, 0.4) is 0 Å². The molecule has 32 heavy (non-hydrogen) atoms. The van der Waals surface area contributed by atoms with E-state index in [1.54, 1.807) is 7.11 Å². The summed E-state index contributed by atoms with van der Waals surface area (Å²) in [4.78, 5) is 12.2. The summed E-state index contributed by atoms with van der Waals surface area (Å²) in [5.41, 5.74) is 1.20. The minimum atomic E-state index is -3.97. The molecule has 1 fully saturated rings. The van der Waals surface area contributed by atoms with Crippen molar-refractivity contribution in [2.75, 3.05) is 38.2 Å². The molecule has 0 amide bonds. The summed E-state index contributed by atoms with van der Waals surface area (Å²) in [6.45, 7) is 1.18. The zero-order chi connectivity index (χ0) is 22.7. The van der Waals surface area contributed by atoms with E-state index in [2.05, 4.69) is 10.2 Å². The van der Waals surface area contributed by atoms with Crippen LogP contribution in [-0.2, 0) is 10.0 Å². The maximum Gasteiger partial charge on any atom is 0.289 e. The fourth-order valence-corrected chi connectivity index (χ4v) is 5.11. The summed E-state index contributed by atoms with van der Waals surface area (Å²) < 4.78 is 32.4. The molecule has 10 nitrogen and oxygen atoms in total. The summed E-state index contributed by atoms with van der Waals surface area (Å²) >= 11 is 0. The number of ether oxygens (including phenoxy) is 1. The van der Waals surface area contributed by atoms with Crippen LogP contribution in [0, 0.1) is 10.1 Å². The first-order valence-corrected chi connectivity index (χ1v) is 11.3. The Balaban J connectivity index is 1.45. The molecule has 2 heterocycles. The van der Waals surface area contributed by atoms with Gasteiger partial charge in [-0.2, -0.15) is 4.31 Å². The van der Waals surface area contributed by atoms with E-state index in [0.717, 1.165) is 11.3 Å². The molecule has 4 rings (SSSR count). The quantitative estimate of drug-likeness (QED) is 0.411. The summed E-state index contributed by atoms with van der Waals surface area (Å²) in [7, 11) is -2.37. The molecule has 166 valence electrons. The number of aromatic nitrogens is 2. The average Bonchev–Trinajstić information content (AvgIpc) is 2.84. The Morgan fingerprint density at radius 3 is 2.22 bits per heavy atom. The first-order chi connectivity index (χ1) is 15.4. The molecule has 1 saturated heterocycles. The van der Waals surface area contributed by atoms with Crippen molar-refractivity contribution in [1.29, 1.82) is 0 Å².